The topological polar surface area (TPSA) is 103 Å². The summed E-state index contributed by atoms with van der Waals surface area (Å²) in [4.78, 5) is 26.3. The molecule has 1 aromatic heterocycles. The number of ether oxygens (including phenoxy) is 6. The van der Waals surface area contributed by atoms with Crippen LogP contribution < -0.4 is 33.8 Å². The molecule has 0 unspecified atom stereocenters. The molecule has 0 N–H and O–H groups in total. The van der Waals surface area contributed by atoms with Gasteiger partial charge in [0.2, 0.25) is 11.2 Å². The smallest absolute Gasteiger partial charge is 0.343 e. The van der Waals surface area contributed by atoms with Crippen molar-refractivity contribution in [1.29, 1.82) is 0 Å². The second-order valence-corrected chi connectivity index (χ2v) is 7.89. The van der Waals surface area contributed by atoms with Crippen molar-refractivity contribution in [3.63, 3.8) is 0 Å². The second kappa shape index (κ2) is 10.5. The SMILES string of the molecule is COc1ccc(-c2c(C)oc3cc(OC(=O)c4cc(OC)c(OC)c(OC)c4)ccc3c2=O)cc1OC. The second-order valence-electron chi connectivity index (χ2n) is 7.89. The number of benzene rings is 3. The van der Waals surface area contributed by atoms with Crippen LogP contribution in [0.2, 0.25) is 0 Å². The van der Waals surface area contributed by atoms with Crippen LogP contribution in [0.4, 0.5) is 0 Å². The van der Waals surface area contributed by atoms with Crippen LogP contribution in [0.5, 0.6) is 34.5 Å². The number of carbonyl (C=O) groups excluding carboxylic acids is 1. The molecule has 0 radical (unpaired) electrons. The Hall–Kier alpha value is -4.66. The maximum Gasteiger partial charge on any atom is 0.343 e. The summed E-state index contributed by atoms with van der Waals surface area (Å²) in [6.45, 7) is 1.70. The van der Waals surface area contributed by atoms with Crippen molar-refractivity contribution in [3.8, 4) is 45.6 Å². The molecule has 0 saturated heterocycles. The molecule has 0 spiro atoms. The van der Waals surface area contributed by atoms with Gasteiger partial charge in [-0.2, -0.15) is 0 Å². The van der Waals surface area contributed by atoms with Gasteiger partial charge in [0, 0.05) is 6.07 Å². The molecule has 3 aromatic carbocycles. The number of carbonyl (C=O) groups is 1. The van der Waals surface area contributed by atoms with Crippen LogP contribution in [0, 0.1) is 6.92 Å². The third-order valence-corrected chi connectivity index (χ3v) is 5.82. The average molecular weight is 507 g/mol. The van der Waals surface area contributed by atoms with E-state index in [1.807, 2.05) is 0 Å². The summed E-state index contributed by atoms with van der Waals surface area (Å²) < 4.78 is 38.1. The minimum absolute atomic E-state index is 0.191. The number of aryl methyl sites for hydroxylation is 1. The first-order chi connectivity index (χ1) is 17.8. The Morgan fingerprint density at radius 1 is 0.730 bits per heavy atom. The van der Waals surface area contributed by atoms with Crippen LogP contribution in [0.3, 0.4) is 0 Å². The summed E-state index contributed by atoms with van der Waals surface area (Å²) in [5.74, 6) is 1.98. The van der Waals surface area contributed by atoms with Gasteiger partial charge in [0.05, 0.1) is 52.1 Å². The Morgan fingerprint density at radius 2 is 1.38 bits per heavy atom. The molecule has 0 saturated carbocycles. The van der Waals surface area contributed by atoms with E-state index in [0.29, 0.717) is 51.0 Å². The standard InChI is InChI=1S/C28H26O9/c1-15-25(16-7-10-20(31-2)22(11-16)32-3)26(29)19-9-8-18(14-21(19)36-15)37-28(30)17-12-23(33-4)27(35-6)24(13-17)34-5/h7-14H,1-6H3. The van der Waals surface area contributed by atoms with E-state index in [4.69, 9.17) is 32.8 Å². The summed E-state index contributed by atoms with van der Waals surface area (Å²) in [7, 11) is 7.45. The van der Waals surface area contributed by atoms with Gasteiger partial charge in [-0.05, 0) is 48.9 Å². The fourth-order valence-corrected chi connectivity index (χ4v) is 4.04. The van der Waals surface area contributed by atoms with Crippen molar-refractivity contribution in [2.24, 2.45) is 0 Å². The predicted octanol–water partition coefficient (Wildman–Crippen LogP) is 5.03. The van der Waals surface area contributed by atoms with Crippen molar-refractivity contribution < 1.29 is 37.6 Å². The van der Waals surface area contributed by atoms with E-state index < -0.39 is 5.97 Å². The van der Waals surface area contributed by atoms with Gasteiger partial charge < -0.3 is 32.8 Å². The minimum atomic E-state index is -0.653. The summed E-state index contributed by atoms with van der Waals surface area (Å²) in [5.41, 5.74) is 1.27. The van der Waals surface area contributed by atoms with E-state index in [1.165, 1.54) is 52.7 Å². The molecule has 9 heteroatoms. The van der Waals surface area contributed by atoms with Crippen LogP contribution in [0.15, 0.2) is 57.7 Å². The molecule has 192 valence electrons. The van der Waals surface area contributed by atoms with Crippen molar-refractivity contribution in [1.82, 2.24) is 0 Å². The van der Waals surface area contributed by atoms with Crippen molar-refractivity contribution >= 4 is 16.9 Å². The zero-order chi connectivity index (χ0) is 26.7. The lowest BCUT2D eigenvalue weighted by atomic mass is 10.0. The molecule has 0 amide bonds. The zero-order valence-electron chi connectivity index (χ0n) is 21.3. The molecule has 0 aliphatic heterocycles. The fourth-order valence-electron chi connectivity index (χ4n) is 4.04. The predicted molar refractivity (Wildman–Crippen MR) is 137 cm³/mol. The number of hydrogen-bond donors (Lipinski definition) is 0. The quantitative estimate of drug-likeness (QED) is 0.240. The first kappa shape index (κ1) is 25.4. The zero-order valence-corrected chi connectivity index (χ0v) is 21.3. The van der Waals surface area contributed by atoms with E-state index >= 15 is 0 Å². The number of rotatable bonds is 8. The summed E-state index contributed by atoms with van der Waals surface area (Å²) >= 11 is 0. The lowest BCUT2D eigenvalue weighted by Crippen LogP contribution is -2.11. The van der Waals surface area contributed by atoms with Gasteiger partial charge in [0.1, 0.15) is 17.1 Å². The van der Waals surface area contributed by atoms with Crippen LogP contribution in [0.25, 0.3) is 22.1 Å². The number of hydrogen-bond acceptors (Lipinski definition) is 9. The number of fused-ring (bicyclic) bond motifs is 1. The Balaban J connectivity index is 1.70. The summed E-state index contributed by atoms with van der Waals surface area (Å²) in [5, 5.41) is 0.336. The Labute approximate surface area is 213 Å². The van der Waals surface area contributed by atoms with Gasteiger partial charge in [-0.3, -0.25) is 4.79 Å². The van der Waals surface area contributed by atoms with E-state index in [9.17, 15) is 9.59 Å². The van der Waals surface area contributed by atoms with Gasteiger partial charge in [-0.15, -0.1) is 0 Å². The molecule has 4 rings (SSSR count). The van der Waals surface area contributed by atoms with E-state index in [1.54, 1.807) is 38.3 Å². The average Bonchev–Trinajstić information content (AvgIpc) is 2.91. The van der Waals surface area contributed by atoms with E-state index in [0.717, 1.165) is 0 Å². The molecular formula is C28H26O9. The molecule has 4 aromatic rings. The summed E-state index contributed by atoms with van der Waals surface area (Å²) in [6.07, 6.45) is 0. The highest BCUT2D eigenvalue weighted by molar-refractivity contribution is 5.93. The van der Waals surface area contributed by atoms with Crippen LogP contribution in [-0.4, -0.2) is 41.5 Å². The minimum Gasteiger partial charge on any atom is -0.493 e. The molecule has 37 heavy (non-hydrogen) atoms. The molecule has 0 aliphatic rings. The largest absolute Gasteiger partial charge is 0.493 e. The van der Waals surface area contributed by atoms with Crippen LogP contribution in [0.1, 0.15) is 16.1 Å². The van der Waals surface area contributed by atoms with Gasteiger partial charge in [-0.1, -0.05) is 6.07 Å². The molecule has 0 fully saturated rings. The first-order valence-electron chi connectivity index (χ1n) is 11.2. The Kier molecular flexibility index (Phi) is 7.24. The van der Waals surface area contributed by atoms with Gasteiger partial charge in [0.25, 0.3) is 0 Å². The highest BCUT2D eigenvalue weighted by Crippen LogP contribution is 2.38. The first-order valence-corrected chi connectivity index (χ1v) is 11.2. The molecule has 0 atom stereocenters. The normalized spacial score (nSPS) is 10.6. The monoisotopic (exact) mass is 506 g/mol. The Bertz CT molecular complexity index is 1510. The van der Waals surface area contributed by atoms with Gasteiger partial charge in [-0.25, -0.2) is 4.79 Å². The third kappa shape index (κ3) is 4.75. The highest BCUT2D eigenvalue weighted by Gasteiger charge is 2.20. The fraction of sp³-hybridized carbons (Fsp3) is 0.214. The van der Waals surface area contributed by atoms with Gasteiger partial charge in [0.15, 0.2) is 23.0 Å². The molecule has 9 nitrogen and oxygen atoms in total. The summed E-state index contributed by atoms with van der Waals surface area (Å²) in [6, 6.07) is 12.8. The van der Waals surface area contributed by atoms with E-state index in [-0.39, 0.29) is 22.3 Å². The van der Waals surface area contributed by atoms with Gasteiger partial charge >= 0.3 is 5.97 Å². The Morgan fingerprint density at radius 3 is 1.97 bits per heavy atom. The highest BCUT2D eigenvalue weighted by atomic mass is 16.5. The maximum absolute atomic E-state index is 13.4. The van der Waals surface area contributed by atoms with Crippen molar-refractivity contribution in [3.05, 3.63) is 70.1 Å². The number of methoxy groups -OCH3 is 5. The van der Waals surface area contributed by atoms with E-state index in [2.05, 4.69) is 0 Å². The molecule has 0 bridgehead atoms. The lowest BCUT2D eigenvalue weighted by Gasteiger charge is -2.14. The number of esters is 1. The molecule has 0 aliphatic carbocycles. The van der Waals surface area contributed by atoms with Crippen LogP contribution >= 0.6 is 0 Å². The van der Waals surface area contributed by atoms with Crippen molar-refractivity contribution in [2.75, 3.05) is 35.5 Å². The van der Waals surface area contributed by atoms with Crippen LogP contribution in [-0.2, 0) is 0 Å². The molecule has 1 heterocycles. The third-order valence-electron chi connectivity index (χ3n) is 5.82. The maximum atomic E-state index is 13.4. The lowest BCUT2D eigenvalue weighted by molar-refractivity contribution is 0.0734. The molecular weight excluding hydrogens is 480 g/mol. The van der Waals surface area contributed by atoms with Crippen molar-refractivity contribution in [2.45, 2.75) is 6.92 Å².